The number of phenolic OH excluding ortho intramolecular Hbond substituents is 1. The van der Waals surface area contributed by atoms with E-state index in [1.807, 2.05) is 6.07 Å². The minimum atomic E-state index is -0.329. The lowest BCUT2D eigenvalue weighted by molar-refractivity contribution is -0.142. The molecular formula is C19H22N4O3. The van der Waals surface area contributed by atoms with Crippen LogP contribution < -0.4 is 10.5 Å². The number of carbonyl (C=O) groups is 2. The Morgan fingerprint density at radius 1 is 1.04 bits per heavy atom. The van der Waals surface area contributed by atoms with Crippen LogP contribution in [-0.4, -0.2) is 28.3 Å². The third kappa shape index (κ3) is 4.83. The van der Waals surface area contributed by atoms with Gasteiger partial charge in [0, 0.05) is 18.4 Å². The van der Waals surface area contributed by atoms with E-state index in [4.69, 9.17) is 0 Å². The van der Waals surface area contributed by atoms with Gasteiger partial charge < -0.3 is 5.11 Å². The number of nitrogens with zero attached hydrogens (tertiary/aromatic N) is 3. The molecule has 0 spiro atoms. The number of para-hydroxylation sites is 2. The maximum atomic E-state index is 12.4. The van der Waals surface area contributed by atoms with E-state index < -0.39 is 0 Å². The van der Waals surface area contributed by atoms with Crippen molar-refractivity contribution in [3.8, 4) is 5.75 Å². The topological polar surface area (TPSA) is 85.2 Å². The van der Waals surface area contributed by atoms with Crippen molar-refractivity contribution in [2.75, 3.05) is 5.12 Å². The van der Waals surface area contributed by atoms with Gasteiger partial charge >= 0.3 is 0 Å². The Balaban J connectivity index is 2.43. The Kier molecular flexibility index (Phi) is 6.73. The molecule has 26 heavy (non-hydrogen) atoms. The zero-order valence-electron chi connectivity index (χ0n) is 14.8. The van der Waals surface area contributed by atoms with Gasteiger partial charge in [-0.2, -0.15) is 10.2 Å². The number of rotatable bonds is 6. The molecule has 2 rings (SSSR count). The molecule has 0 unspecified atom stereocenters. The van der Waals surface area contributed by atoms with E-state index in [0.29, 0.717) is 11.3 Å². The van der Waals surface area contributed by atoms with Crippen LogP contribution in [0.4, 0.5) is 5.69 Å². The fourth-order valence-corrected chi connectivity index (χ4v) is 2.07. The average molecular weight is 354 g/mol. The van der Waals surface area contributed by atoms with Crippen LogP contribution >= 0.6 is 0 Å². The van der Waals surface area contributed by atoms with Crippen molar-refractivity contribution in [1.29, 1.82) is 0 Å². The molecule has 0 aliphatic heterocycles. The molecule has 0 aliphatic rings. The summed E-state index contributed by atoms with van der Waals surface area (Å²) in [6, 6.07) is 15.7. The van der Waals surface area contributed by atoms with Crippen molar-refractivity contribution in [2.45, 2.75) is 26.7 Å². The van der Waals surface area contributed by atoms with Crippen LogP contribution in [-0.2, 0) is 9.59 Å². The van der Waals surface area contributed by atoms with Gasteiger partial charge in [0.15, 0.2) is 0 Å². The first-order valence-corrected chi connectivity index (χ1v) is 8.36. The Hall–Kier alpha value is -3.35. The van der Waals surface area contributed by atoms with E-state index >= 15 is 0 Å². The van der Waals surface area contributed by atoms with Gasteiger partial charge in [0.25, 0.3) is 5.91 Å². The monoisotopic (exact) mass is 354 g/mol. The normalized spacial score (nSPS) is 10.5. The average Bonchev–Trinajstić information content (AvgIpc) is 2.68. The molecule has 0 saturated carbocycles. The summed E-state index contributed by atoms with van der Waals surface area (Å²) in [6.45, 7) is 3.39. The molecule has 136 valence electrons. The summed E-state index contributed by atoms with van der Waals surface area (Å²) in [5.74, 6) is -0.578. The summed E-state index contributed by atoms with van der Waals surface area (Å²) < 4.78 is 0. The smallest absolute Gasteiger partial charge is 0.262 e. The fourth-order valence-electron chi connectivity index (χ4n) is 2.07. The molecule has 7 nitrogen and oxygen atoms in total. The van der Waals surface area contributed by atoms with Gasteiger partial charge in [-0.1, -0.05) is 44.2 Å². The second-order valence-electron chi connectivity index (χ2n) is 5.38. The summed E-state index contributed by atoms with van der Waals surface area (Å²) in [6.07, 6.45) is 1.83. The van der Waals surface area contributed by atoms with E-state index in [9.17, 15) is 14.7 Å². The molecule has 2 N–H and O–H groups in total. The SMILES string of the molecule is CCC(=O)NN(C(=O)CC)N(/N=C/c1ccccc1O)c1ccccc1. The summed E-state index contributed by atoms with van der Waals surface area (Å²) in [4.78, 5) is 24.3. The Bertz CT molecular complexity index is 777. The number of amides is 2. The van der Waals surface area contributed by atoms with Crippen molar-refractivity contribution in [1.82, 2.24) is 10.5 Å². The molecule has 0 fully saturated rings. The van der Waals surface area contributed by atoms with Crippen molar-refractivity contribution < 1.29 is 14.7 Å². The van der Waals surface area contributed by atoms with Gasteiger partial charge in [-0.05, 0) is 24.3 Å². The number of aromatic hydroxyl groups is 1. The number of hydrogen-bond acceptors (Lipinski definition) is 5. The highest BCUT2D eigenvalue weighted by Gasteiger charge is 2.22. The van der Waals surface area contributed by atoms with Gasteiger partial charge in [0.05, 0.1) is 11.9 Å². The lowest BCUT2D eigenvalue weighted by Crippen LogP contribution is -2.54. The van der Waals surface area contributed by atoms with Crippen LogP contribution in [0.3, 0.4) is 0 Å². The van der Waals surface area contributed by atoms with Gasteiger partial charge in [0.2, 0.25) is 5.91 Å². The highest BCUT2D eigenvalue weighted by molar-refractivity contribution is 5.86. The first-order valence-electron chi connectivity index (χ1n) is 8.36. The lowest BCUT2D eigenvalue weighted by atomic mass is 10.2. The van der Waals surface area contributed by atoms with E-state index in [1.54, 1.807) is 62.4 Å². The summed E-state index contributed by atoms with van der Waals surface area (Å²) in [7, 11) is 0. The quantitative estimate of drug-likeness (QED) is 0.617. The molecule has 2 aromatic carbocycles. The number of anilines is 1. The van der Waals surface area contributed by atoms with Gasteiger partial charge in [-0.25, -0.2) is 5.43 Å². The molecule has 0 atom stereocenters. The van der Waals surface area contributed by atoms with E-state index in [2.05, 4.69) is 10.5 Å². The van der Waals surface area contributed by atoms with E-state index in [1.165, 1.54) is 11.3 Å². The molecule has 2 amide bonds. The van der Waals surface area contributed by atoms with E-state index in [-0.39, 0.29) is 30.4 Å². The molecule has 0 aliphatic carbocycles. The summed E-state index contributed by atoms with van der Waals surface area (Å²) in [5, 5.41) is 16.6. The highest BCUT2D eigenvalue weighted by atomic mass is 16.3. The van der Waals surface area contributed by atoms with Gasteiger partial charge in [-0.15, -0.1) is 5.12 Å². The third-order valence-corrected chi connectivity index (χ3v) is 3.51. The molecule has 2 aromatic rings. The standard InChI is InChI=1S/C19H22N4O3/c1-3-18(25)21-23(19(26)4-2)22(16-11-6-5-7-12-16)20-14-15-10-8-9-13-17(15)24/h5-14,24H,3-4H2,1-2H3,(H,21,25)/b20-14+. The first-order chi connectivity index (χ1) is 12.6. The predicted octanol–water partition coefficient (Wildman–Crippen LogP) is 2.83. The number of benzene rings is 2. The Labute approximate surface area is 152 Å². The summed E-state index contributed by atoms with van der Waals surface area (Å²) in [5.41, 5.74) is 3.63. The molecule has 0 bridgehead atoms. The van der Waals surface area contributed by atoms with Crippen LogP contribution in [0.1, 0.15) is 32.3 Å². The van der Waals surface area contributed by atoms with Crippen molar-refractivity contribution in [2.24, 2.45) is 5.10 Å². The zero-order chi connectivity index (χ0) is 18.9. The molecule has 7 heteroatoms. The molecular weight excluding hydrogens is 332 g/mol. The largest absolute Gasteiger partial charge is 0.507 e. The second kappa shape index (κ2) is 9.22. The number of hydrazone groups is 1. The summed E-state index contributed by atoms with van der Waals surface area (Å²) >= 11 is 0. The van der Waals surface area contributed by atoms with Crippen molar-refractivity contribution in [3.63, 3.8) is 0 Å². The maximum Gasteiger partial charge on any atom is 0.262 e. The maximum absolute atomic E-state index is 12.4. The molecule has 0 radical (unpaired) electrons. The van der Waals surface area contributed by atoms with Crippen LogP contribution in [0.2, 0.25) is 0 Å². The third-order valence-electron chi connectivity index (χ3n) is 3.51. The Morgan fingerprint density at radius 3 is 2.31 bits per heavy atom. The zero-order valence-corrected chi connectivity index (χ0v) is 14.8. The lowest BCUT2D eigenvalue weighted by Gasteiger charge is -2.31. The number of phenols is 1. The minimum absolute atomic E-state index is 0.0650. The number of hydrogen-bond donors (Lipinski definition) is 2. The first kappa shape index (κ1) is 19.0. The number of nitrogens with one attached hydrogen (secondary N) is 1. The number of hydrazine groups is 2. The Morgan fingerprint density at radius 2 is 1.69 bits per heavy atom. The van der Waals surface area contributed by atoms with Crippen LogP contribution in [0.25, 0.3) is 0 Å². The van der Waals surface area contributed by atoms with Crippen LogP contribution in [0, 0.1) is 0 Å². The molecule has 0 aromatic heterocycles. The fraction of sp³-hybridized carbons (Fsp3) is 0.211. The van der Waals surface area contributed by atoms with Gasteiger partial charge in [-0.3, -0.25) is 9.59 Å². The van der Waals surface area contributed by atoms with Crippen molar-refractivity contribution >= 4 is 23.7 Å². The number of carbonyl (C=O) groups excluding carboxylic acids is 2. The second-order valence-corrected chi connectivity index (χ2v) is 5.38. The molecule has 0 saturated heterocycles. The van der Waals surface area contributed by atoms with Gasteiger partial charge in [0.1, 0.15) is 5.75 Å². The van der Waals surface area contributed by atoms with Crippen LogP contribution in [0.5, 0.6) is 5.75 Å². The molecule has 0 heterocycles. The predicted molar refractivity (Wildman–Crippen MR) is 100 cm³/mol. The van der Waals surface area contributed by atoms with Crippen LogP contribution in [0.15, 0.2) is 59.7 Å². The van der Waals surface area contributed by atoms with Crippen molar-refractivity contribution in [3.05, 3.63) is 60.2 Å². The van der Waals surface area contributed by atoms with E-state index in [0.717, 1.165) is 5.12 Å². The minimum Gasteiger partial charge on any atom is -0.507 e. The highest BCUT2D eigenvalue weighted by Crippen LogP contribution is 2.18.